The van der Waals surface area contributed by atoms with E-state index in [4.69, 9.17) is 5.41 Å². The Hall–Kier alpha value is -3.30. The van der Waals surface area contributed by atoms with Crippen LogP contribution in [0.25, 0.3) is 0 Å². The molecule has 0 aliphatic carbocycles. The summed E-state index contributed by atoms with van der Waals surface area (Å²) in [7, 11) is 1.15. The summed E-state index contributed by atoms with van der Waals surface area (Å²) in [6.45, 7) is 1.36. The van der Waals surface area contributed by atoms with Crippen molar-refractivity contribution in [1.29, 1.82) is 5.41 Å². The number of anilines is 1. The van der Waals surface area contributed by atoms with Crippen molar-refractivity contribution in [3.63, 3.8) is 0 Å². The largest absolute Gasteiger partial charge is 0.464 e. The number of alkyl halides is 3. The van der Waals surface area contributed by atoms with E-state index in [9.17, 15) is 22.4 Å². The van der Waals surface area contributed by atoms with Crippen LogP contribution in [0.15, 0.2) is 41.6 Å². The second-order valence-electron chi connectivity index (χ2n) is 5.75. The van der Waals surface area contributed by atoms with Crippen LogP contribution in [0.1, 0.15) is 23.7 Å². The SMILES string of the molecule is COC(=O)/C(=N/Nc1ccnc(Cc2cc(F)cc(C(F)(F)F)c2)c1)C(C)=N. The van der Waals surface area contributed by atoms with Gasteiger partial charge in [-0.05, 0) is 42.8 Å². The molecule has 0 spiro atoms. The molecule has 0 atom stereocenters. The third kappa shape index (κ3) is 5.60. The number of hydrazone groups is 1. The normalized spacial score (nSPS) is 11.9. The average molecular weight is 396 g/mol. The van der Waals surface area contributed by atoms with Crippen molar-refractivity contribution in [2.75, 3.05) is 12.5 Å². The van der Waals surface area contributed by atoms with E-state index in [1.165, 1.54) is 25.3 Å². The highest BCUT2D eigenvalue weighted by molar-refractivity contribution is 6.64. The Kier molecular flexibility index (Phi) is 6.45. The fraction of sp³-hybridized carbons (Fsp3) is 0.222. The van der Waals surface area contributed by atoms with Gasteiger partial charge in [-0.25, -0.2) is 9.18 Å². The highest BCUT2D eigenvalue weighted by Crippen LogP contribution is 2.30. The Morgan fingerprint density at radius 2 is 2.00 bits per heavy atom. The predicted molar refractivity (Wildman–Crippen MR) is 94.9 cm³/mol. The van der Waals surface area contributed by atoms with Gasteiger partial charge in [-0.15, -0.1) is 0 Å². The number of esters is 1. The number of hydrogen-bond donors (Lipinski definition) is 2. The van der Waals surface area contributed by atoms with E-state index in [1.54, 1.807) is 0 Å². The van der Waals surface area contributed by atoms with E-state index in [2.05, 4.69) is 20.2 Å². The van der Waals surface area contributed by atoms with Crippen LogP contribution in [0.5, 0.6) is 0 Å². The smallest absolute Gasteiger partial charge is 0.416 e. The molecule has 1 heterocycles. The maximum Gasteiger partial charge on any atom is 0.416 e. The third-order valence-electron chi connectivity index (χ3n) is 3.52. The molecule has 0 fully saturated rings. The van der Waals surface area contributed by atoms with E-state index < -0.39 is 23.5 Å². The van der Waals surface area contributed by atoms with Gasteiger partial charge in [0.05, 0.1) is 24.1 Å². The molecule has 1 aromatic heterocycles. The summed E-state index contributed by atoms with van der Waals surface area (Å²) in [5.41, 5.74) is 1.97. The Bertz CT molecular complexity index is 926. The number of carbonyl (C=O) groups excluding carboxylic acids is 1. The minimum Gasteiger partial charge on any atom is -0.464 e. The van der Waals surface area contributed by atoms with Crippen molar-refractivity contribution >= 4 is 23.1 Å². The minimum atomic E-state index is -4.66. The first-order valence-corrected chi connectivity index (χ1v) is 7.89. The molecule has 148 valence electrons. The van der Waals surface area contributed by atoms with E-state index in [0.717, 1.165) is 19.2 Å². The number of halogens is 4. The van der Waals surface area contributed by atoms with Gasteiger partial charge in [0.15, 0.2) is 5.71 Å². The van der Waals surface area contributed by atoms with E-state index in [1.807, 2.05) is 0 Å². The zero-order chi connectivity index (χ0) is 20.9. The maximum atomic E-state index is 13.5. The van der Waals surface area contributed by atoms with Gasteiger partial charge in [0.25, 0.3) is 0 Å². The maximum absolute atomic E-state index is 13.5. The van der Waals surface area contributed by atoms with Crippen LogP contribution in [0.2, 0.25) is 0 Å². The predicted octanol–water partition coefficient (Wildman–Crippen LogP) is 3.81. The van der Waals surface area contributed by atoms with Gasteiger partial charge in [0, 0.05) is 18.3 Å². The number of methoxy groups -OCH3 is 1. The van der Waals surface area contributed by atoms with Crippen molar-refractivity contribution in [3.05, 3.63) is 59.2 Å². The fourth-order valence-electron chi connectivity index (χ4n) is 2.27. The first-order chi connectivity index (χ1) is 13.1. The van der Waals surface area contributed by atoms with Gasteiger partial charge in [0.2, 0.25) is 0 Å². The van der Waals surface area contributed by atoms with E-state index in [0.29, 0.717) is 17.4 Å². The van der Waals surface area contributed by atoms with Crippen LogP contribution in [0, 0.1) is 11.2 Å². The second kappa shape index (κ2) is 8.59. The number of aromatic nitrogens is 1. The second-order valence-corrected chi connectivity index (χ2v) is 5.75. The molecular weight excluding hydrogens is 380 g/mol. The molecule has 0 amide bonds. The zero-order valence-electron chi connectivity index (χ0n) is 14.9. The molecule has 0 aliphatic heterocycles. The summed E-state index contributed by atoms with van der Waals surface area (Å²) in [4.78, 5) is 15.6. The first kappa shape index (κ1) is 21.0. The molecule has 0 radical (unpaired) electrons. The van der Waals surface area contributed by atoms with Gasteiger partial charge >= 0.3 is 12.1 Å². The van der Waals surface area contributed by atoms with Gasteiger partial charge in [-0.1, -0.05) is 0 Å². The number of pyridine rings is 1. The zero-order valence-corrected chi connectivity index (χ0v) is 14.9. The quantitative estimate of drug-likeness (QED) is 0.336. The molecule has 0 bridgehead atoms. The van der Waals surface area contributed by atoms with Crippen LogP contribution in [0.3, 0.4) is 0 Å². The summed E-state index contributed by atoms with van der Waals surface area (Å²) in [6.07, 6.45) is -3.32. The molecule has 28 heavy (non-hydrogen) atoms. The number of rotatable bonds is 6. The van der Waals surface area contributed by atoms with Crippen LogP contribution in [0.4, 0.5) is 23.2 Å². The van der Waals surface area contributed by atoms with Crippen molar-refractivity contribution < 1.29 is 27.1 Å². The van der Waals surface area contributed by atoms with Gasteiger partial charge in [0.1, 0.15) is 5.82 Å². The highest BCUT2D eigenvalue weighted by atomic mass is 19.4. The summed E-state index contributed by atoms with van der Waals surface area (Å²) in [5, 5.41) is 11.3. The number of nitrogens with zero attached hydrogens (tertiary/aromatic N) is 2. The van der Waals surface area contributed by atoms with Crippen LogP contribution in [-0.2, 0) is 22.1 Å². The summed E-state index contributed by atoms with van der Waals surface area (Å²) in [6, 6.07) is 5.28. The fourth-order valence-corrected chi connectivity index (χ4v) is 2.27. The van der Waals surface area contributed by atoms with Gasteiger partial charge in [-0.2, -0.15) is 18.3 Å². The molecule has 6 nitrogen and oxygen atoms in total. The van der Waals surface area contributed by atoms with Crippen molar-refractivity contribution in [3.8, 4) is 0 Å². The van der Waals surface area contributed by atoms with Crippen LogP contribution in [-0.4, -0.2) is 29.5 Å². The summed E-state index contributed by atoms with van der Waals surface area (Å²) < 4.78 is 56.5. The van der Waals surface area contributed by atoms with Crippen LogP contribution >= 0.6 is 0 Å². The van der Waals surface area contributed by atoms with E-state index in [-0.39, 0.29) is 23.4 Å². The van der Waals surface area contributed by atoms with E-state index >= 15 is 0 Å². The number of carbonyl (C=O) groups is 1. The summed E-state index contributed by atoms with van der Waals surface area (Å²) >= 11 is 0. The number of nitrogens with one attached hydrogen (secondary N) is 2. The monoisotopic (exact) mass is 396 g/mol. The van der Waals surface area contributed by atoms with Crippen molar-refractivity contribution in [2.24, 2.45) is 5.10 Å². The lowest BCUT2D eigenvalue weighted by Gasteiger charge is -2.10. The number of ether oxygens (including phenoxy) is 1. The average Bonchev–Trinajstić information content (AvgIpc) is 2.60. The van der Waals surface area contributed by atoms with Crippen molar-refractivity contribution in [2.45, 2.75) is 19.5 Å². The Morgan fingerprint density at radius 3 is 2.61 bits per heavy atom. The molecule has 2 N–H and O–H groups in total. The molecule has 1 aromatic carbocycles. The van der Waals surface area contributed by atoms with Crippen LogP contribution < -0.4 is 5.43 Å². The Balaban J connectivity index is 2.23. The van der Waals surface area contributed by atoms with Gasteiger partial charge in [-0.3, -0.25) is 10.4 Å². The molecular formula is C18H16F4N4O2. The van der Waals surface area contributed by atoms with Crippen molar-refractivity contribution in [1.82, 2.24) is 4.98 Å². The van der Waals surface area contributed by atoms with Gasteiger partial charge < -0.3 is 10.1 Å². The molecule has 0 saturated heterocycles. The standard InChI is InChI=1S/C18H16F4N4O2/c1-10(23)16(17(27)28-2)26-25-14-3-4-24-15(9-14)7-11-5-12(18(20,21)22)8-13(19)6-11/h3-6,8-9,23H,7H2,1-2H3,(H,24,25)/b23-10?,26-16+. The summed E-state index contributed by atoms with van der Waals surface area (Å²) in [5.74, 6) is -1.79. The Labute approximate surface area is 157 Å². The highest BCUT2D eigenvalue weighted by Gasteiger charge is 2.31. The molecule has 10 heteroatoms. The topological polar surface area (TPSA) is 87.4 Å². The molecule has 0 saturated carbocycles. The first-order valence-electron chi connectivity index (χ1n) is 7.89. The minimum absolute atomic E-state index is 0.0481. The molecule has 0 unspecified atom stereocenters. The lowest BCUT2D eigenvalue weighted by Crippen LogP contribution is -2.24. The molecule has 2 aromatic rings. The molecule has 2 rings (SSSR count). The Morgan fingerprint density at radius 1 is 1.29 bits per heavy atom. The lowest BCUT2D eigenvalue weighted by molar-refractivity contribution is -0.137. The number of hydrogen-bond acceptors (Lipinski definition) is 6. The molecule has 0 aliphatic rings. The number of benzene rings is 1. The lowest BCUT2D eigenvalue weighted by atomic mass is 10.1. The third-order valence-corrected chi connectivity index (χ3v) is 3.52.